The molecule has 2 aliphatic heterocycles. The van der Waals surface area contributed by atoms with Crippen LogP contribution >= 0.6 is 11.8 Å². The number of likely N-dealkylation sites (tertiary alicyclic amines) is 1. The second-order valence-electron chi connectivity index (χ2n) is 6.30. The third kappa shape index (κ3) is 3.05. The van der Waals surface area contributed by atoms with E-state index in [-0.39, 0.29) is 5.56 Å². The molecule has 2 aliphatic rings. The van der Waals surface area contributed by atoms with Crippen molar-refractivity contribution in [3.8, 4) is 0 Å². The Labute approximate surface area is 138 Å². The molecule has 0 radical (unpaired) electrons. The van der Waals surface area contributed by atoms with Crippen LogP contribution in [0.3, 0.4) is 0 Å². The molecule has 2 aromatic heterocycles. The van der Waals surface area contributed by atoms with Crippen LogP contribution in [0.1, 0.15) is 22.6 Å². The molecular formula is C15H19N5O2S. The summed E-state index contributed by atoms with van der Waals surface area (Å²) in [4.78, 5) is 14.5. The predicted octanol–water partition coefficient (Wildman–Crippen LogP) is 0.856. The predicted molar refractivity (Wildman–Crippen MR) is 86.2 cm³/mol. The zero-order valence-electron chi connectivity index (χ0n) is 13.1. The lowest BCUT2D eigenvalue weighted by atomic mass is 10.00. The van der Waals surface area contributed by atoms with E-state index < -0.39 is 0 Å². The van der Waals surface area contributed by atoms with Gasteiger partial charge in [-0.15, -0.1) is 0 Å². The Balaban J connectivity index is 1.37. The van der Waals surface area contributed by atoms with Gasteiger partial charge in [-0.05, 0) is 18.2 Å². The Morgan fingerprint density at radius 1 is 1.39 bits per heavy atom. The number of rotatable bonds is 4. The molecule has 8 heteroatoms. The van der Waals surface area contributed by atoms with Gasteiger partial charge in [0.2, 0.25) is 0 Å². The van der Waals surface area contributed by atoms with Gasteiger partial charge in [0.05, 0.1) is 12.2 Å². The van der Waals surface area contributed by atoms with Crippen LogP contribution in [-0.4, -0.2) is 43.8 Å². The van der Waals surface area contributed by atoms with Crippen LogP contribution in [0.2, 0.25) is 0 Å². The second kappa shape index (κ2) is 6.09. The van der Waals surface area contributed by atoms with Gasteiger partial charge >= 0.3 is 0 Å². The molecule has 0 saturated carbocycles. The Morgan fingerprint density at radius 3 is 3.04 bits per heavy atom. The lowest BCUT2D eigenvalue weighted by Crippen LogP contribution is -2.49. The first-order valence-electron chi connectivity index (χ1n) is 7.87. The highest BCUT2D eigenvalue weighted by Gasteiger charge is 2.29. The van der Waals surface area contributed by atoms with E-state index in [1.165, 1.54) is 0 Å². The molecule has 2 aromatic rings. The van der Waals surface area contributed by atoms with E-state index in [0.29, 0.717) is 12.5 Å². The maximum Gasteiger partial charge on any atom is 0.267 e. The van der Waals surface area contributed by atoms with Gasteiger partial charge in [-0.3, -0.25) is 9.69 Å². The van der Waals surface area contributed by atoms with E-state index >= 15 is 0 Å². The van der Waals surface area contributed by atoms with Crippen LogP contribution in [0.15, 0.2) is 15.5 Å². The fraction of sp³-hybridized carbons (Fsp3) is 0.600. The van der Waals surface area contributed by atoms with E-state index in [1.807, 2.05) is 18.7 Å². The maximum atomic E-state index is 12.2. The monoisotopic (exact) mass is 333 g/mol. The van der Waals surface area contributed by atoms with Gasteiger partial charge in [0.25, 0.3) is 5.56 Å². The Morgan fingerprint density at radius 2 is 2.26 bits per heavy atom. The van der Waals surface area contributed by atoms with Crippen molar-refractivity contribution in [2.45, 2.75) is 32.2 Å². The smallest absolute Gasteiger partial charge is 0.267 e. The quantitative estimate of drug-likeness (QED) is 0.821. The summed E-state index contributed by atoms with van der Waals surface area (Å²) in [5, 5.41) is 12.3. The number of aryl methyl sites for hydroxylation is 2. The first kappa shape index (κ1) is 14.9. The lowest BCUT2D eigenvalue weighted by molar-refractivity contribution is 0.0739. The molecule has 0 unspecified atom stereocenters. The van der Waals surface area contributed by atoms with E-state index in [9.17, 15) is 4.79 Å². The number of fused-ring (bicyclic) bond motifs is 1. The third-order valence-electron chi connectivity index (χ3n) is 4.49. The summed E-state index contributed by atoms with van der Waals surface area (Å²) in [7, 11) is 0. The van der Waals surface area contributed by atoms with Crippen molar-refractivity contribution in [3.05, 3.63) is 39.1 Å². The zero-order valence-corrected chi connectivity index (χ0v) is 13.9. The minimum Gasteiger partial charge on any atom is -0.297 e. The molecule has 0 bridgehead atoms. The Bertz CT molecular complexity index is 765. The van der Waals surface area contributed by atoms with Crippen molar-refractivity contribution in [2.24, 2.45) is 5.92 Å². The molecule has 122 valence electrons. The van der Waals surface area contributed by atoms with Gasteiger partial charge in [0.15, 0.2) is 0 Å². The zero-order chi connectivity index (χ0) is 15.8. The molecule has 23 heavy (non-hydrogen) atoms. The van der Waals surface area contributed by atoms with Crippen molar-refractivity contribution < 1.29 is 4.63 Å². The number of thioether (sulfide) groups is 1. The first-order valence-corrected chi connectivity index (χ1v) is 9.02. The average Bonchev–Trinajstić information content (AvgIpc) is 2.90. The molecule has 0 atom stereocenters. The van der Waals surface area contributed by atoms with Crippen LogP contribution in [0.5, 0.6) is 0 Å². The number of hydrogen-bond donors (Lipinski definition) is 0. The Kier molecular flexibility index (Phi) is 3.94. The van der Waals surface area contributed by atoms with Gasteiger partial charge in [-0.25, -0.2) is 9.31 Å². The number of aromatic nitrogens is 4. The van der Waals surface area contributed by atoms with Crippen LogP contribution in [0, 0.1) is 12.8 Å². The van der Waals surface area contributed by atoms with E-state index in [0.717, 1.165) is 60.2 Å². The molecule has 0 amide bonds. The fourth-order valence-electron chi connectivity index (χ4n) is 3.15. The number of hydrogen-bond acceptors (Lipinski definition) is 7. The molecule has 1 fully saturated rings. The standard InChI is InChI=1S/C15H19N5O2S/c1-10-14(18-22-17-10)8-19-5-11(6-19)7-20-15(21)4-12-9-23-3-2-13(12)16-20/h4,11H,2-3,5-9H2,1H3. The molecule has 4 heterocycles. The van der Waals surface area contributed by atoms with Crippen molar-refractivity contribution in [1.82, 2.24) is 25.0 Å². The highest BCUT2D eigenvalue weighted by Crippen LogP contribution is 2.23. The molecular weight excluding hydrogens is 314 g/mol. The summed E-state index contributed by atoms with van der Waals surface area (Å²) < 4.78 is 6.37. The average molecular weight is 333 g/mol. The fourth-order valence-corrected chi connectivity index (χ4v) is 4.11. The van der Waals surface area contributed by atoms with Crippen molar-refractivity contribution >= 4 is 11.8 Å². The van der Waals surface area contributed by atoms with Crippen molar-refractivity contribution in [1.29, 1.82) is 0 Å². The van der Waals surface area contributed by atoms with E-state index in [4.69, 9.17) is 4.63 Å². The van der Waals surface area contributed by atoms with Crippen LogP contribution in [0.4, 0.5) is 0 Å². The summed E-state index contributed by atoms with van der Waals surface area (Å²) in [6, 6.07) is 1.77. The summed E-state index contributed by atoms with van der Waals surface area (Å²) in [5.41, 5.74) is 3.99. The summed E-state index contributed by atoms with van der Waals surface area (Å²) in [6.07, 6.45) is 0.968. The summed E-state index contributed by atoms with van der Waals surface area (Å²) >= 11 is 1.87. The number of nitrogens with zero attached hydrogens (tertiary/aromatic N) is 5. The second-order valence-corrected chi connectivity index (χ2v) is 7.40. The topological polar surface area (TPSA) is 77.1 Å². The normalized spacial score (nSPS) is 18.7. The molecule has 1 saturated heterocycles. The minimum atomic E-state index is 0.0289. The SMILES string of the molecule is Cc1nonc1CN1CC(Cn2nc3c(cc2=O)CSCC3)C1. The largest absolute Gasteiger partial charge is 0.297 e. The van der Waals surface area contributed by atoms with Gasteiger partial charge < -0.3 is 0 Å². The highest BCUT2D eigenvalue weighted by atomic mass is 32.2. The van der Waals surface area contributed by atoms with Crippen LogP contribution < -0.4 is 5.56 Å². The van der Waals surface area contributed by atoms with Gasteiger partial charge in [0.1, 0.15) is 11.4 Å². The van der Waals surface area contributed by atoms with E-state index in [2.05, 4.69) is 20.3 Å². The molecule has 0 aliphatic carbocycles. The molecule has 7 nitrogen and oxygen atoms in total. The maximum absolute atomic E-state index is 12.2. The van der Waals surface area contributed by atoms with Crippen LogP contribution in [0.25, 0.3) is 0 Å². The molecule has 0 N–H and O–H groups in total. The Hall–Kier alpha value is -1.67. The molecule has 0 aromatic carbocycles. The summed E-state index contributed by atoms with van der Waals surface area (Å²) in [6.45, 7) is 5.26. The van der Waals surface area contributed by atoms with Gasteiger partial charge in [-0.2, -0.15) is 16.9 Å². The van der Waals surface area contributed by atoms with E-state index in [1.54, 1.807) is 10.7 Å². The van der Waals surface area contributed by atoms with Gasteiger partial charge in [-0.1, -0.05) is 10.3 Å². The van der Waals surface area contributed by atoms with Crippen molar-refractivity contribution in [3.63, 3.8) is 0 Å². The molecule has 0 spiro atoms. The van der Waals surface area contributed by atoms with Gasteiger partial charge in [0, 0.05) is 43.8 Å². The first-order chi connectivity index (χ1) is 11.2. The summed E-state index contributed by atoms with van der Waals surface area (Å²) in [5.74, 6) is 2.48. The molecule has 4 rings (SSSR count). The third-order valence-corrected chi connectivity index (χ3v) is 5.50. The van der Waals surface area contributed by atoms with Crippen LogP contribution in [-0.2, 0) is 25.3 Å². The minimum absolute atomic E-state index is 0.0289. The highest BCUT2D eigenvalue weighted by molar-refractivity contribution is 7.98. The lowest BCUT2D eigenvalue weighted by Gasteiger charge is -2.38. The van der Waals surface area contributed by atoms with Crippen molar-refractivity contribution in [2.75, 3.05) is 18.8 Å².